The van der Waals surface area contributed by atoms with Crippen LogP contribution in [-0.4, -0.2) is 22.1 Å². The van der Waals surface area contributed by atoms with E-state index in [9.17, 15) is 8.42 Å². The first-order chi connectivity index (χ1) is 11.1. The van der Waals surface area contributed by atoms with Gasteiger partial charge in [0.1, 0.15) is 0 Å². The first-order valence-electron chi connectivity index (χ1n) is 7.13. The van der Waals surface area contributed by atoms with Crippen LogP contribution < -0.4 is 4.72 Å². The van der Waals surface area contributed by atoms with Gasteiger partial charge in [-0.15, -0.1) is 0 Å². The molecule has 1 aromatic heterocycles. The van der Waals surface area contributed by atoms with Crippen LogP contribution in [0.15, 0.2) is 64.2 Å². The molecule has 0 aliphatic heterocycles. The Morgan fingerprint density at radius 2 is 1.91 bits per heavy atom. The number of methoxy groups -OCH3 is 1. The minimum atomic E-state index is -3.57. The van der Waals surface area contributed by atoms with Crippen molar-refractivity contribution in [3.8, 4) is 0 Å². The van der Waals surface area contributed by atoms with Gasteiger partial charge in [-0.1, -0.05) is 30.3 Å². The Balaban J connectivity index is 1.80. The maximum absolute atomic E-state index is 12.5. The summed E-state index contributed by atoms with van der Waals surface area (Å²) in [6.07, 6.45) is -0.295. The van der Waals surface area contributed by atoms with Gasteiger partial charge in [0.05, 0.1) is 11.0 Å². The molecule has 6 heteroatoms. The lowest BCUT2D eigenvalue weighted by molar-refractivity contribution is 0.107. The van der Waals surface area contributed by atoms with Crippen LogP contribution in [0, 0.1) is 0 Å². The van der Waals surface area contributed by atoms with E-state index in [2.05, 4.69) is 4.72 Å². The summed E-state index contributed by atoms with van der Waals surface area (Å²) in [5.74, 6) is 0. The van der Waals surface area contributed by atoms with Gasteiger partial charge in [0, 0.05) is 13.7 Å². The molecule has 0 fully saturated rings. The van der Waals surface area contributed by atoms with Gasteiger partial charge in [-0.3, -0.25) is 0 Å². The quantitative estimate of drug-likeness (QED) is 0.742. The molecule has 0 saturated heterocycles. The van der Waals surface area contributed by atoms with Gasteiger partial charge in [-0.2, -0.15) is 11.3 Å². The molecule has 23 heavy (non-hydrogen) atoms. The molecule has 2 aromatic carbocycles. The molecular formula is C17H17NO3S2. The summed E-state index contributed by atoms with van der Waals surface area (Å²) in [6.45, 7) is 0.197. The molecule has 120 valence electrons. The van der Waals surface area contributed by atoms with Crippen LogP contribution in [0.2, 0.25) is 0 Å². The minimum absolute atomic E-state index is 0.197. The van der Waals surface area contributed by atoms with Crippen LogP contribution in [0.4, 0.5) is 0 Å². The zero-order chi connectivity index (χ0) is 16.3. The lowest BCUT2D eigenvalue weighted by Crippen LogP contribution is -2.29. The molecule has 0 spiro atoms. The van der Waals surface area contributed by atoms with E-state index in [4.69, 9.17) is 4.74 Å². The maximum atomic E-state index is 12.5. The highest BCUT2D eigenvalue weighted by Crippen LogP contribution is 2.21. The Bertz CT molecular complexity index is 889. The Labute approximate surface area is 139 Å². The molecule has 1 atom stereocenters. The second kappa shape index (κ2) is 6.80. The fraction of sp³-hybridized carbons (Fsp3) is 0.176. The zero-order valence-electron chi connectivity index (χ0n) is 12.6. The molecule has 0 saturated carbocycles. The lowest BCUT2D eigenvalue weighted by Gasteiger charge is -2.15. The third-order valence-corrected chi connectivity index (χ3v) is 5.81. The van der Waals surface area contributed by atoms with Gasteiger partial charge in [0.15, 0.2) is 0 Å². The number of ether oxygens (including phenoxy) is 1. The molecule has 3 rings (SSSR count). The average molecular weight is 347 g/mol. The molecule has 0 aliphatic carbocycles. The summed E-state index contributed by atoms with van der Waals surface area (Å²) < 4.78 is 33.0. The van der Waals surface area contributed by atoms with E-state index < -0.39 is 10.0 Å². The van der Waals surface area contributed by atoms with E-state index in [1.165, 1.54) is 0 Å². The summed E-state index contributed by atoms with van der Waals surface area (Å²) in [5.41, 5.74) is 0.971. The third-order valence-electron chi connectivity index (χ3n) is 3.69. The largest absolute Gasteiger partial charge is 0.375 e. The number of fused-ring (bicyclic) bond motifs is 1. The van der Waals surface area contributed by atoms with Crippen LogP contribution in [-0.2, 0) is 14.8 Å². The Morgan fingerprint density at radius 3 is 2.61 bits per heavy atom. The highest BCUT2D eigenvalue weighted by atomic mass is 32.2. The van der Waals surface area contributed by atoms with Crippen molar-refractivity contribution < 1.29 is 13.2 Å². The molecule has 0 bridgehead atoms. The van der Waals surface area contributed by atoms with Crippen LogP contribution in [0.25, 0.3) is 10.8 Å². The van der Waals surface area contributed by atoms with E-state index in [0.29, 0.717) is 0 Å². The normalized spacial score (nSPS) is 13.3. The molecule has 3 aromatic rings. The Morgan fingerprint density at radius 1 is 1.13 bits per heavy atom. The number of sulfonamides is 1. The monoisotopic (exact) mass is 347 g/mol. The van der Waals surface area contributed by atoms with Gasteiger partial charge in [0.2, 0.25) is 10.0 Å². The predicted molar refractivity (Wildman–Crippen MR) is 93.2 cm³/mol. The summed E-state index contributed by atoms with van der Waals surface area (Å²) in [4.78, 5) is 0.261. The summed E-state index contributed by atoms with van der Waals surface area (Å²) in [7, 11) is -2.00. The van der Waals surface area contributed by atoms with Crippen LogP contribution in [0.1, 0.15) is 11.7 Å². The molecule has 0 amide bonds. The van der Waals surface area contributed by atoms with Gasteiger partial charge in [0.25, 0.3) is 0 Å². The van der Waals surface area contributed by atoms with Crippen LogP contribution >= 0.6 is 11.3 Å². The lowest BCUT2D eigenvalue weighted by atomic mass is 10.1. The van der Waals surface area contributed by atoms with Crippen LogP contribution in [0.5, 0.6) is 0 Å². The fourth-order valence-corrected chi connectivity index (χ4v) is 4.17. The maximum Gasteiger partial charge on any atom is 0.240 e. The third kappa shape index (κ3) is 3.61. The van der Waals surface area contributed by atoms with E-state index in [1.807, 2.05) is 47.2 Å². The molecule has 0 aliphatic rings. The Hall–Kier alpha value is -1.73. The smallest absolute Gasteiger partial charge is 0.240 e. The average Bonchev–Trinajstić information content (AvgIpc) is 3.09. The van der Waals surface area contributed by atoms with Crippen molar-refractivity contribution >= 4 is 32.1 Å². The highest BCUT2D eigenvalue weighted by Gasteiger charge is 2.18. The summed E-state index contributed by atoms with van der Waals surface area (Å²) >= 11 is 1.56. The van der Waals surface area contributed by atoms with Crippen molar-refractivity contribution in [2.45, 2.75) is 11.0 Å². The summed E-state index contributed by atoms with van der Waals surface area (Å²) in [5, 5.41) is 5.81. The molecule has 0 radical (unpaired) electrons. The second-order valence-electron chi connectivity index (χ2n) is 5.14. The molecule has 1 unspecified atom stereocenters. The number of hydrogen-bond acceptors (Lipinski definition) is 4. The number of nitrogens with one attached hydrogen (secondary N) is 1. The van der Waals surface area contributed by atoms with Crippen molar-refractivity contribution in [3.63, 3.8) is 0 Å². The van der Waals surface area contributed by atoms with E-state index in [0.717, 1.165) is 16.3 Å². The summed E-state index contributed by atoms with van der Waals surface area (Å²) in [6, 6.07) is 14.7. The first kappa shape index (κ1) is 16.1. The number of rotatable bonds is 6. The highest BCUT2D eigenvalue weighted by molar-refractivity contribution is 7.89. The number of benzene rings is 2. The SMILES string of the molecule is COC(CNS(=O)(=O)c1ccc2ccccc2c1)c1ccsc1. The standard InChI is InChI=1S/C17H17NO3S2/c1-21-17(15-8-9-22-12-15)11-18-23(19,20)16-7-6-13-4-2-3-5-14(13)10-16/h2-10,12,17-18H,11H2,1H3. The molecular weight excluding hydrogens is 330 g/mol. The van der Waals surface area contributed by atoms with E-state index in [-0.39, 0.29) is 17.5 Å². The molecule has 1 N–H and O–H groups in total. The predicted octanol–water partition coefficient (Wildman–Crippen LogP) is 3.57. The van der Waals surface area contributed by atoms with Crippen molar-refractivity contribution in [1.82, 2.24) is 4.72 Å². The number of thiophene rings is 1. The molecule has 1 heterocycles. The van der Waals surface area contributed by atoms with Gasteiger partial charge in [-0.05, 0) is 45.3 Å². The van der Waals surface area contributed by atoms with Gasteiger partial charge in [-0.25, -0.2) is 13.1 Å². The van der Waals surface area contributed by atoms with Gasteiger partial charge >= 0.3 is 0 Å². The first-order valence-corrected chi connectivity index (χ1v) is 9.56. The Kier molecular flexibility index (Phi) is 4.77. The van der Waals surface area contributed by atoms with Crippen molar-refractivity contribution in [2.24, 2.45) is 0 Å². The van der Waals surface area contributed by atoms with Crippen LogP contribution in [0.3, 0.4) is 0 Å². The molecule has 4 nitrogen and oxygen atoms in total. The van der Waals surface area contributed by atoms with Gasteiger partial charge < -0.3 is 4.74 Å². The van der Waals surface area contributed by atoms with E-state index in [1.54, 1.807) is 30.6 Å². The topological polar surface area (TPSA) is 55.4 Å². The van der Waals surface area contributed by atoms with Crippen molar-refractivity contribution in [1.29, 1.82) is 0 Å². The van der Waals surface area contributed by atoms with Crippen molar-refractivity contribution in [2.75, 3.05) is 13.7 Å². The zero-order valence-corrected chi connectivity index (χ0v) is 14.2. The fourth-order valence-electron chi connectivity index (χ4n) is 2.40. The van der Waals surface area contributed by atoms with E-state index >= 15 is 0 Å². The number of hydrogen-bond donors (Lipinski definition) is 1. The minimum Gasteiger partial charge on any atom is -0.375 e. The second-order valence-corrected chi connectivity index (χ2v) is 7.69. The van der Waals surface area contributed by atoms with Crippen molar-refractivity contribution in [3.05, 3.63) is 64.9 Å².